The molecule has 0 N–H and O–H groups in total. The first-order valence-corrected chi connectivity index (χ1v) is 14.4. The molecular weight excluding hydrogens is 633 g/mol. The molecule has 0 radical (unpaired) electrons. The predicted molar refractivity (Wildman–Crippen MR) is 150 cm³/mol. The van der Waals surface area contributed by atoms with Gasteiger partial charge in [-0.1, -0.05) is 41.9 Å². The summed E-state index contributed by atoms with van der Waals surface area (Å²) in [7, 11) is -5.42. The SMILES string of the molecule is Cc1cc([C@@H](C)Oc2ccc(Cl)nc2S(=O)(=O)Oc2c(F)c(F)c(F)c(F)c2F)c2oc(-c3ccccc3)c(C)c(=O)c2c1. The van der Waals surface area contributed by atoms with Crippen molar-refractivity contribution in [2.45, 2.75) is 31.9 Å². The molecule has 1 atom stereocenters. The molecule has 0 aliphatic carbocycles. The molecule has 0 bridgehead atoms. The summed E-state index contributed by atoms with van der Waals surface area (Å²) in [6, 6.07) is 14.3. The van der Waals surface area contributed by atoms with Crippen molar-refractivity contribution >= 4 is 32.7 Å². The molecule has 228 valence electrons. The number of ether oxygens (including phenoxy) is 1. The van der Waals surface area contributed by atoms with E-state index in [1.165, 1.54) is 6.92 Å². The number of hydrogen-bond donors (Lipinski definition) is 0. The van der Waals surface area contributed by atoms with Crippen molar-refractivity contribution in [3.05, 3.63) is 116 Å². The lowest BCUT2D eigenvalue weighted by Gasteiger charge is -2.20. The third-order valence-electron chi connectivity index (χ3n) is 6.56. The molecule has 44 heavy (non-hydrogen) atoms. The minimum atomic E-state index is -5.42. The van der Waals surface area contributed by atoms with Crippen LogP contribution in [-0.4, -0.2) is 13.4 Å². The Bertz CT molecular complexity index is 2090. The number of hydrogen-bond acceptors (Lipinski definition) is 7. The zero-order valence-corrected chi connectivity index (χ0v) is 24.4. The maximum atomic E-state index is 14.2. The van der Waals surface area contributed by atoms with Gasteiger partial charge in [0.1, 0.15) is 22.6 Å². The normalized spacial score (nSPS) is 12.4. The first-order valence-electron chi connectivity index (χ1n) is 12.6. The van der Waals surface area contributed by atoms with Crippen LogP contribution < -0.4 is 14.3 Å². The predicted octanol–water partition coefficient (Wildman–Crippen LogP) is 7.73. The second kappa shape index (κ2) is 11.5. The summed E-state index contributed by atoms with van der Waals surface area (Å²) >= 11 is 5.87. The molecule has 0 saturated carbocycles. The Morgan fingerprint density at radius 3 is 2.14 bits per heavy atom. The summed E-state index contributed by atoms with van der Waals surface area (Å²) in [4.78, 5) is 17.0. The minimum Gasteiger partial charge on any atom is -0.483 e. The van der Waals surface area contributed by atoms with E-state index < -0.39 is 67.0 Å². The molecule has 7 nitrogen and oxygen atoms in total. The highest BCUT2D eigenvalue weighted by molar-refractivity contribution is 7.87. The molecule has 0 saturated heterocycles. The van der Waals surface area contributed by atoms with Crippen LogP contribution in [0.15, 0.2) is 68.8 Å². The molecule has 0 unspecified atom stereocenters. The summed E-state index contributed by atoms with van der Waals surface area (Å²) in [5.74, 6) is -14.7. The number of pyridine rings is 1. The number of benzene rings is 3. The van der Waals surface area contributed by atoms with E-state index in [1.54, 1.807) is 56.3 Å². The largest absolute Gasteiger partial charge is 0.483 e. The number of aryl methyl sites for hydroxylation is 1. The Morgan fingerprint density at radius 1 is 0.886 bits per heavy atom. The zero-order valence-electron chi connectivity index (χ0n) is 22.8. The van der Waals surface area contributed by atoms with Gasteiger partial charge in [-0.2, -0.15) is 17.2 Å². The van der Waals surface area contributed by atoms with Gasteiger partial charge in [0.2, 0.25) is 39.9 Å². The van der Waals surface area contributed by atoms with Crippen molar-refractivity contribution in [3.63, 3.8) is 0 Å². The van der Waals surface area contributed by atoms with Crippen molar-refractivity contribution in [2.24, 2.45) is 0 Å². The van der Waals surface area contributed by atoms with E-state index in [2.05, 4.69) is 9.17 Å². The number of rotatable bonds is 7. The lowest BCUT2D eigenvalue weighted by atomic mass is 10.00. The van der Waals surface area contributed by atoms with Crippen molar-refractivity contribution in [3.8, 4) is 22.8 Å². The fourth-order valence-electron chi connectivity index (χ4n) is 4.47. The highest BCUT2D eigenvalue weighted by Gasteiger charge is 2.34. The third kappa shape index (κ3) is 5.48. The summed E-state index contributed by atoms with van der Waals surface area (Å²) in [5.41, 5.74) is 1.77. The standard InChI is InChI=1S/C30H19ClF5NO6S/c1-13-11-17(28-18(12-13)26(38)14(2)27(42-28)16-7-5-4-6-8-16)15(3)41-19-9-10-20(31)37-30(19)44(39,40)43-29-24(35)22(33)21(32)23(34)25(29)36/h4-12,15H,1-3H3/t15-/m1/s1. The fraction of sp³-hybridized carbons (Fsp3) is 0.133. The van der Waals surface area contributed by atoms with Crippen LogP contribution >= 0.6 is 11.6 Å². The van der Waals surface area contributed by atoms with Crippen molar-refractivity contribution in [1.82, 2.24) is 4.98 Å². The van der Waals surface area contributed by atoms with Gasteiger partial charge in [-0.3, -0.25) is 4.79 Å². The first-order chi connectivity index (χ1) is 20.7. The highest BCUT2D eigenvalue weighted by atomic mass is 35.5. The highest BCUT2D eigenvalue weighted by Crippen LogP contribution is 2.37. The molecule has 0 fully saturated rings. The van der Waals surface area contributed by atoms with E-state index in [0.717, 1.165) is 12.1 Å². The molecule has 14 heteroatoms. The van der Waals surface area contributed by atoms with Gasteiger partial charge < -0.3 is 13.3 Å². The summed E-state index contributed by atoms with van der Waals surface area (Å²) < 4.78 is 112. The Hall–Kier alpha value is -4.49. The Kier molecular flexibility index (Phi) is 8.12. The lowest BCUT2D eigenvalue weighted by molar-refractivity contribution is 0.218. The van der Waals surface area contributed by atoms with Crippen molar-refractivity contribution in [2.75, 3.05) is 0 Å². The van der Waals surface area contributed by atoms with Crippen LogP contribution in [0.25, 0.3) is 22.3 Å². The van der Waals surface area contributed by atoms with Gasteiger partial charge in [-0.25, -0.2) is 18.2 Å². The molecule has 0 aliphatic heterocycles. The number of nitrogens with zero attached hydrogens (tertiary/aromatic N) is 1. The average molecular weight is 652 g/mol. The molecular formula is C30H19ClF5NO6S. The van der Waals surface area contributed by atoms with Crippen LogP contribution in [0, 0.1) is 42.9 Å². The first kappa shape index (κ1) is 31.0. The molecule has 5 rings (SSSR count). The lowest BCUT2D eigenvalue weighted by Crippen LogP contribution is -2.18. The third-order valence-corrected chi connectivity index (χ3v) is 7.92. The van der Waals surface area contributed by atoms with E-state index in [0.29, 0.717) is 28.0 Å². The summed E-state index contributed by atoms with van der Waals surface area (Å²) in [6.45, 7) is 4.83. The Morgan fingerprint density at radius 2 is 1.50 bits per heavy atom. The van der Waals surface area contributed by atoms with Crippen molar-refractivity contribution in [1.29, 1.82) is 0 Å². The maximum Gasteiger partial charge on any atom is 0.360 e. The Balaban J connectivity index is 1.60. The van der Waals surface area contributed by atoms with Gasteiger partial charge in [-0.05, 0) is 50.6 Å². The number of halogens is 6. The fourth-order valence-corrected chi connectivity index (χ4v) is 5.68. The van der Waals surface area contributed by atoms with E-state index in [-0.39, 0.29) is 16.4 Å². The van der Waals surface area contributed by atoms with Gasteiger partial charge in [-0.15, -0.1) is 0 Å². The van der Waals surface area contributed by atoms with Crippen LogP contribution in [0.3, 0.4) is 0 Å². The van der Waals surface area contributed by atoms with E-state index >= 15 is 0 Å². The van der Waals surface area contributed by atoms with Crippen LogP contribution in [-0.2, 0) is 10.1 Å². The smallest absolute Gasteiger partial charge is 0.360 e. The van der Waals surface area contributed by atoms with Gasteiger partial charge in [0.25, 0.3) is 0 Å². The van der Waals surface area contributed by atoms with Gasteiger partial charge in [0, 0.05) is 16.7 Å². The molecule has 0 aliphatic rings. The molecule has 2 heterocycles. The van der Waals surface area contributed by atoms with Gasteiger partial charge in [0.05, 0.1) is 5.39 Å². The van der Waals surface area contributed by atoms with Gasteiger partial charge >= 0.3 is 10.1 Å². The molecule has 5 aromatic rings. The topological polar surface area (TPSA) is 95.7 Å². The van der Waals surface area contributed by atoms with Gasteiger partial charge in [0.15, 0.2) is 11.2 Å². The van der Waals surface area contributed by atoms with Crippen LogP contribution in [0.5, 0.6) is 11.5 Å². The minimum absolute atomic E-state index is 0.140. The van der Waals surface area contributed by atoms with Crippen LogP contribution in [0.4, 0.5) is 22.0 Å². The summed E-state index contributed by atoms with van der Waals surface area (Å²) in [5, 5.41) is -1.33. The number of aromatic nitrogens is 1. The second-order valence-electron chi connectivity index (χ2n) is 9.62. The Labute approximate surface area is 251 Å². The van der Waals surface area contributed by atoms with E-state index in [4.69, 9.17) is 20.8 Å². The second-order valence-corrected chi connectivity index (χ2v) is 11.5. The quantitative estimate of drug-likeness (QED) is 0.0584. The zero-order chi connectivity index (χ0) is 32.1. The maximum absolute atomic E-state index is 14.2. The van der Waals surface area contributed by atoms with Crippen molar-refractivity contribution < 1.29 is 43.7 Å². The van der Waals surface area contributed by atoms with Crippen LogP contribution in [0.2, 0.25) is 5.15 Å². The monoisotopic (exact) mass is 651 g/mol. The molecule has 3 aromatic carbocycles. The molecule has 2 aromatic heterocycles. The summed E-state index contributed by atoms with van der Waals surface area (Å²) in [6.07, 6.45) is -1.07. The number of fused-ring (bicyclic) bond motifs is 1. The molecule has 0 spiro atoms. The van der Waals surface area contributed by atoms with E-state index in [9.17, 15) is 35.2 Å². The van der Waals surface area contributed by atoms with Crippen LogP contribution in [0.1, 0.15) is 29.7 Å². The molecule has 0 amide bonds. The average Bonchev–Trinajstić information content (AvgIpc) is 3.00. The van der Waals surface area contributed by atoms with E-state index in [1.807, 2.05) is 0 Å².